The van der Waals surface area contributed by atoms with Gasteiger partial charge in [-0.1, -0.05) is 30.8 Å². The standard InChI is InChI=1S/C12H13ClN2O3S.C8H13NO.C3H8O/c1-7(2)15-6-8(18-12(15)17)5-14-11(16)9-3-4-10(13)19-9;1-5-8(6-2)9(4)7(3)10;1-3-4-2/h3-4,8H,1,5-6H2,2H3,(H,14,16);5-6H,1H2,2-4H3;3H2,1-2H3/b;8-6+;. The van der Waals surface area contributed by atoms with E-state index in [-0.39, 0.29) is 24.5 Å². The van der Waals surface area contributed by atoms with E-state index in [1.54, 1.807) is 44.2 Å². The minimum absolute atomic E-state index is 0.0213. The Labute approximate surface area is 205 Å². The highest BCUT2D eigenvalue weighted by Crippen LogP contribution is 2.21. The van der Waals surface area contributed by atoms with Crippen LogP contribution in [0.2, 0.25) is 4.34 Å². The maximum Gasteiger partial charge on any atom is 0.414 e. The Hall–Kier alpha value is -2.62. The average molecular weight is 500 g/mol. The first-order valence-electron chi connectivity index (χ1n) is 10.2. The molecule has 2 heterocycles. The first kappa shape index (κ1) is 30.4. The third-order valence-corrected chi connectivity index (χ3v) is 5.51. The molecule has 1 aromatic rings. The zero-order valence-corrected chi connectivity index (χ0v) is 21.7. The number of amides is 3. The van der Waals surface area contributed by atoms with Crippen LogP contribution in [0.3, 0.4) is 0 Å². The molecule has 1 aliphatic rings. The molecular weight excluding hydrogens is 466 g/mol. The van der Waals surface area contributed by atoms with Crippen LogP contribution in [0.15, 0.2) is 48.8 Å². The summed E-state index contributed by atoms with van der Waals surface area (Å²) in [6, 6.07) is 3.32. The molecule has 1 N–H and O–H groups in total. The van der Waals surface area contributed by atoms with Crippen LogP contribution in [0.4, 0.5) is 4.79 Å². The van der Waals surface area contributed by atoms with E-state index < -0.39 is 6.09 Å². The van der Waals surface area contributed by atoms with Crippen LogP contribution in [-0.4, -0.2) is 67.7 Å². The fourth-order valence-corrected chi connectivity index (χ4v) is 3.26. The number of cyclic esters (lactones) is 1. The lowest BCUT2D eigenvalue weighted by Crippen LogP contribution is -2.34. The van der Waals surface area contributed by atoms with Gasteiger partial charge in [0.25, 0.3) is 5.91 Å². The Kier molecular flexibility index (Phi) is 14.8. The lowest BCUT2D eigenvalue weighted by molar-refractivity contribution is -0.125. The number of allylic oxidation sites excluding steroid dienone is 3. The third-order valence-electron chi connectivity index (χ3n) is 4.28. The monoisotopic (exact) mass is 499 g/mol. The Morgan fingerprint density at radius 1 is 1.42 bits per heavy atom. The van der Waals surface area contributed by atoms with Gasteiger partial charge in [0.1, 0.15) is 6.10 Å². The molecule has 3 amide bonds. The minimum atomic E-state index is -0.425. The number of hydrogen-bond acceptors (Lipinski definition) is 6. The molecule has 1 saturated heterocycles. The van der Waals surface area contributed by atoms with E-state index in [1.165, 1.54) is 23.2 Å². The van der Waals surface area contributed by atoms with E-state index in [0.29, 0.717) is 21.5 Å². The molecule has 8 nitrogen and oxygen atoms in total. The summed E-state index contributed by atoms with van der Waals surface area (Å²) in [5.74, 6) is -0.199. The summed E-state index contributed by atoms with van der Waals surface area (Å²) in [5, 5.41) is 2.71. The predicted octanol–water partition coefficient (Wildman–Crippen LogP) is 4.69. The maximum atomic E-state index is 11.8. The van der Waals surface area contributed by atoms with Crippen LogP contribution in [0, 0.1) is 0 Å². The van der Waals surface area contributed by atoms with Crippen molar-refractivity contribution in [3.8, 4) is 0 Å². The van der Waals surface area contributed by atoms with Crippen LogP contribution in [0.5, 0.6) is 0 Å². The molecular formula is C23H34ClN3O5S. The molecule has 0 aromatic carbocycles. The molecule has 1 aliphatic heterocycles. The summed E-state index contributed by atoms with van der Waals surface area (Å²) in [6.45, 7) is 15.8. The highest BCUT2D eigenvalue weighted by atomic mass is 35.5. The summed E-state index contributed by atoms with van der Waals surface area (Å²) >= 11 is 6.96. The van der Waals surface area contributed by atoms with Crippen molar-refractivity contribution < 1.29 is 23.9 Å². The highest BCUT2D eigenvalue weighted by Gasteiger charge is 2.31. The Balaban J connectivity index is 0.000000615. The van der Waals surface area contributed by atoms with Gasteiger partial charge in [-0.3, -0.25) is 14.5 Å². The first-order chi connectivity index (χ1) is 15.5. The fourth-order valence-electron chi connectivity index (χ4n) is 2.30. The number of nitrogens with zero attached hydrogens (tertiary/aromatic N) is 2. The van der Waals surface area contributed by atoms with Gasteiger partial charge in [-0.05, 0) is 39.0 Å². The quantitative estimate of drug-likeness (QED) is 0.550. The van der Waals surface area contributed by atoms with Gasteiger partial charge in [-0.2, -0.15) is 0 Å². The van der Waals surface area contributed by atoms with Gasteiger partial charge in [-0.15, -0.1) is 11.3 Å². The van der Waals surface area contributed by atoms with E-state index in [4.69, 9.17) is 16.3 Å². The molecule has 1 unspecified atom stereocenters. The van der Waals surface area contributed by atoms with E-state index in [9.17, 15) is 14.4 Å². The number of halogens is 1. The van der Waals surface area contributed by atoms with Gasteiger partial charge in [0, 0.05) is 39.1 Å². The van der Waals surface area contributed by atoms with Crippen LogP contribution in [0.25, 0.3) is 0 Å². The van der Waals surface area contributed by atoms with Crippen molar-refractivity contribution in [1.29, 1.82) is 0 Å². The van der Waals surface area contributed by atoms with Gasteiger partial charge >= 0.3 is 6.09 Å². The van der Waals surface area contributed by atoms with E-state index in [1.807, 2.05) is 19.9 Å². The molecule has 2 rings (SSSR count). The number of ether oxygens (including phenoxy) is 2. The van der Waals surface area contributed by atoms with Crippen LogP contribution < -0.4 is 5.32 Å². The van der Waals surface area contributed by atoms with E-state index in [0.717, 1.165) is 12.3 Å². The van der Waals surface area contributed by atoms with Crippen molar-refractivity contribution in [1.82, 2.24) is 15.1 Å². The number of nitrogens with one attached hydrogen (secondary N) is 1. The van der Waals surface area contributed by atoms with Crippen LogP contribution >= 0.6 is 22.9 Å². The molecule has 0 bridgehead atoms. The lowest BCUT2D eigenvalue weighted by Gasteiger charge is -2.14. The van der Waals surface area contributed by atoms with Crippen molar-refractivity contribution in [3.05, 3.63) is 58.1 Å². The van der Waals surface area contributed by atoms with E-state index >= 15 is 0 Å². The van der Waals surface area contributed by atoms with Crippen LogP contribution in [0.1, 0.15) is 37.4 Å². The Morgan fingerprint density at radius 2 is 2.03 bits per heavy atom. The van der Waals surface area contributed by atoms with E-state index in [2.05, 4.69) is 23.2 Å². The highest BCUT2D eigenvalue weighted by molar-refractivity contribution is 7.17. The Bertz CT molecular complexity index is 851. The van der Waals surface area contributed by atoms with Gasteiger partial charge in [-0.25, -0.2) is 4.79 Å². The SMILES string of the molecule is C=C(C)N1CC(CNC(=O)c2ccc(Cl)s2)OC1=O.C=C/C(=C\C)N(C)C(C)=O.CCOC. The summed E-state index contributed by atoms with van der Waals surface area (Å²) in [5.41, 5.74) is 1.47. The largest absolute Gasteiger partial charge is 0.442 e. The Morgan fingerprint density at radius 3 is 2.36 bits per heavy atom. The second-order valence-electron chi connectivity index (χ2n) is 6.74. The number of carbonyl (C=O) groups excluding carboxylic acids is 3. The van der Waals surface area contributed by atoms with Gasteiger partial charge < -0.3 is 19.7 Å². The number of thiophene rings is 1. The summed E-state index contributed by atoms with van der Waals surface area (Å²) in [6.07, 6.45) is 2.71. The minimum Gasteiger partial charge on any atom is -0.442 e. The normalized spacial score (nSPS) is 14.8. The smallest absolute Gasteiger partial charge is 0.414 e. The molecule has 0 saturated carbocycles. The molecule has 0 aliphatic carbocycles. The molecule has 1 fully saturated rings. The molecule has 33 heavy (non-hydrogen) atoms. The number of methoxy groups -OCH3 is 1. The molecule has 1 aromatic heterocycles. The van der Waals surface area contributed by atoms with Crippen molar-refractivity contribution in [2.75, 3.05) is 33.9 Å². The van der Waals surface area contributed by atoms with Gasteiger partial charge in [0.2, 0.25) is 5.91 Å². The average Bonchev–Trinajstić information content (AvgIpc) is 3.38. The first-order valence-corrected chi connectivity index (χ1v) is 11.4. The number of carbonyl (C=O) groups is 3. The van der Waals surface area contributed by atoms with Crippen molar-refractivity contribution in [2.24, 2.45) is 0 Å². The summed E-state index contributed by atoms with van der Waals surface area (Å²) < 4.78 is 10.2. The van der Waals surface area contributed by atoms with Crippen molar-refractivity contribution >= 4 is 40.8 Å². The third kappa shape index (κ3) is 11.2. The lowest BCUT2D eigenvalue weighted by atomic mass is 10.3. The van der Waals surface area contributed by atoms with Crippen LogP contribution in [-0.2, 0) is 14.3 Å². The zero-order valence-electron chi connectivity index (χ0n) is 20.1. The molecule has 184 valence electrons. The predicted molar refractivity (Wildman–Crippen MR) is 133 cm³/mol. The molecule has 0 radical (unpaired) electrons. The fraction of sp³-hybridized carbons (Fsp3) is 0.435. The second-order valence-corrected chi connectivity index (χ2v) is 8.45. The summed E-state index contributed by atoms with van der Waals surface area (Å²) in [7, 11) is 3.40. The van der Waals surface area contributed by atoms with Gasteiger partial charge in [0.05, 0.1) is 22.3 Å². The molecule has 1 atom stereocenters. The zero-order chi connectivity index (χ0) is 25.6. The number of rotatable bonds is 7. The van der Waals surface area contributed by atoms with Crippen molar-refractivity contribution in [2.45, 2.75) is 33.8 Å². The number of hydrogen-bond donors (Lipinski definition) is 1. The topological polar surface area (TPSA) is 88.2 Å². The summed E-state index contributed by atoms with van der Waals surface area (Å²) in [4.78, 5) is 37.5. The molecule has 10 heteroatoms. The number of likely N-dealkylation sites (N-methyl/N-ethyl adjacent to an activating group) is 1. The maximum absolute atomic E-state index is 11.8. The van der Waals surface area contributed by atoms with Gasteiger partial charge in [0.15, 0.2) is 0 Å². The molecule has 0 spiro atoms. The second kappa shape index (κ2) is 16.1. The van der Waals surface area contributed by atoms with Crippen molar-refractivity contribution in [3.63, 3.8) is 0 Å².